The number of rotatable bonds is 6. The van der Waals surface area contributed by atoms with Gasteiger partial charge in [0.05, 0.1) is 6.10 Å². The average molecular weight is 288 g/mol. The van der Waals surface area contributed by atoms with E-state index in [0.717, 1.165) is 18.4 Å². The molecule has 0 bridgehead atoms. The first kappa shape index (κ1) is 15.3. The highest BCUT2D eigenvalue weighted by molar-refractivity contribution is 7.11. The molecule has 0 aliphatic heterocycles. The van der Waals surface area contributed by atoms with Gasteiger partial charge in [-0.3, -0.25) is 0 Å². The molecule has 1 atom stereocenters. The first-order valence-corrected chi connectivity index (χ1v) is 8.24. The summed E-state index contributed by atoms with van der Waals surface area (Å²) in [6.07, 6.45) is 2.49. The van der Waals surface area contributed by atoms with E-state index in [9.17, 15) is 5.11 Å². The molecular formula is C18H24OS. The summed E-state index contributed by atoms with van der Waals surface area (Å²) in [5, 5.41) is 10.3. The fourth-order valence-corrected chi connectivity index (χ4v) is 3.37. The van der Waals surface area contributed by atoms with Crippen LogP contribution in [0.1, 0.15) is 47.8 Å². The number of thiophene rings is 1. The van der Waals surface area contributed by atoms with Gasteiger partial charge in [0, 0.05) is 16.2 Å². The number of hydrogen-bond acceptors (Lipinski definition) is 2. The Balaban J connectivity index is 1.99. The molecule has 0 fully saturated rings. The van der Waals surface area contributed by atoms with E-state index in [-0.39, 0.29) is 0 Å². The lowest BCUT2D eigenvalue weighted by Gasteiger charge is -2.11. The van der Waals surface area contributed by atoms with Crippen molar-refractivity contribution in [3.8, 4) is 0 Å². The molecule has 0 spiro atoms. The highest BCUT2D eigenvalue weighted by Crippen LogP contribution is 2.24. The molecule has 1 aromatic carbocycles. The van der Waals surface area contributed by atoms with Gasteiger partial charge in [0.25, 0.3) is 0 Å². The molecule has 1 nitrogen and oxygen atoms in total. The summed E-state index contributed by atoms with van der Waals surface area (Å²) in [4.78, 5) is 2.65. The lowest BCUT2D eigenvalue weighted by molar-refractivity contribution is 0.179. The average Bonchev–Trinajstić information content (AvgIpc) is 2.86. The van der Waals surface area contributed by atoms with Crippen LogP contribution >= 0.6 is 11.3 Å². The minimum absolute atomic E-state index is 0.397. The van der Waals surface area contributed by atoms with E-state index in [1.807, 2.05) is 11.3 Å². The van der Waals surface area contributed by atoms with E-state index < -0.39 is 6.10 Å². The third-order valence-corrected chi connectivity index (χ3v) is 4.72. The largest absolute Gasteiger partial charge is 0.388 e. The first-order valence-electron chi connectivity index (χ1n) is 7.43. The van der Waals surface area contributed by atoms with E-state index in [2.05, 4.69) is 57.2 Å². The summed E-state index contributed by atoms with van der Waals surface area (Å²) in [7, 11) is 0. The van der Waals surface area contributed by atoms with Gasteiger partial charge in [0.2, 0.25) is 0 Å². The summed E-state index contributed by atoms with van der Waals surface area (Å²) < 4.78 is 0. The Morgan fingerprint density at radius 2 is 1.60 bits per heavy atom. The van der Waals surface area contributed by atoms with Crippen LogP contribution in [0.15, 0.2) is 36.4 Å². The van der Waals surface area contributed by atoms with Gasteiger partial charge in [-0.05, 0) is 42.0 Å². The van der Waals surface area contributed by atoms with Crippen molar-refractivity contribution < 1.29 is 5.11 Å². The van der Waals surface area contributed by atoms with Crippen molar-refractivity contribution in [2.45, 2.75) is 46.1 Å². The third kappa shape index (κ3) is 4.19. The molecule has 0 radical (unpaired) electrons. The number of benzene rings is 1. The predicted octanol–water partition coefficient (Wildman–Crippen LogP) is 4.79. The normalized spacial score (nSPS) is 12.8. The van der Waals surface area contributed by atoms with E-state index in [1.165, 1.54) is 15.3 Å². The topological polar surface area (TPSA) is 20.2 Å². The van der Waals surface area contributed by atoms with Crippen molar-refractivity contribution in [2.24, 2.45) is 5.92 Å². The summed E-state index contributed by atoms with van der Waals surface area (Å²) in [6.45, 7) is 6.62. The highest BCUT2D eigenvalue weighted by Gasteiger charge is 2.10. The molecule has 0 amide bonds. The lowest BCUT2D eigenvalue weighted by atomic mass is 9.99. The Bertz CT molecular complexity index is 525. The van der Waals surface area contributed by atoms with Gasteiger partial charge in [0.1, 0.15) is 0 Å². The van der Waals surface area contributed by atoms with Gasteiger partial charge in [-0.25, -0.2) is 0 Å². The van der Waals surface area contributed by atoms with Gasteiger partial charge in [-0.2, -0.15) is 0 Å². The molecule has 0 aliphatic carbocycles. The van der Waals surface area contributed by atoms with Crippen LogP contribution < -0.4 is 0 Å². The quantitative estimate of drug-likeness (QED) is 0.810. The van der Waals surface area contributed by atoms with Crippen molar-refractivity contribution in [3.05, 3.63) is 57.3 Å². The molecule has 1 unspecified atom stereocenters. The molecule has 1 aromatic heterocycles. The summed E-state index contributed by atoms with van der Waals surface area (Å²) in [6, 6.07) is 12.7. The Hall–Kier alpha value is -1.12. The maximum Gasteiger partial charge on any atom is 0.0838 e. The molecule has 0 saturated heterocycles. The summed E-state index contributed by atoms with van der Waals surface area (Å²) >= 11 is 1.81. The van der Waals surface area contributed by atoms with Gasteiger partial charge in [0.15, 0.2) is 0 Å². The van der Waals surface area contributed by atoms with E-state index in [1.54, 1.807) is 0 Å². The van der Waals surface area contributed by atoms with Crippen LogP contribution in [0.4, 0.5) is 0 Å². The van der Waals surface area contributed by atoms with Gasteiger partial charge in [-0.1, -0.05) is 45.0 Å². The van der Waals surface area contributed by atoms with Crippen LogP contribution in [0.3, 0.4) is 0 Å². The number of aliphatic hydroxyl groups excluding tert-OH is 1. The Kier molecular flexibility index (Phi) is 5.38. The van der Waals surface area contributed by atoms with Crippen LogP contribution in [0, 0.1) is 5.92 Å². The summed E-state index contributed by atoms with van der Waals surface area (Å²) in [5.41, 5.74) is 2.37. The van der Waals surface area contributed by atoms with Crippen molar-refractivity contribution in [1.82, 2.24) is 0 Å². The molecule has 2 aromatic rings. The Labute approximate surface area is 126 Å². The molecule has 1 N–H and O–H groups in total. The van der Waals surface area contributed by atoms with Crippen LogP contribution in [0.5, 0.6) is 0 Å². The first-order chi connectivity index (χ1) is 9.58. The zero-order valence-corrected chi connectivity index (χ0v) is 13.4. The van der Waals surface area contributed by atoms with Crippen molar-refractivity contribution in [1.29, 1.82) is 0 Å². The van der Waals surface area contributed by atoms with Gasteiger partial charge in [-0.15, -0.1) is 11.3 Å². The minimum atomic E-state index is -0.397. The van der Waals surface area contributed by atoms with Gasteiger partial charge < -0.3 is 5.11 Å². The lowest BCUT2D eigenvalue weighted by Crippen LogP contribution is -2.01. The van der Waals surface area contributed by atoms with E-state index >= 15 is 0 Å². The number of aliphatic hydroxyl groups is 1. The minimum Gasteiger partial charge on any atom is -0.388 e. The molecule has 0 saturated carbocycles. The van der Waals surface area contributed by atoms with Crippen LogP contribution in [-0.2, 0) is 19.3 Å². The van der Waals surface area contributed by atoms with Crippen molar-refractivity contribution in [2.75, 3.05) is 0 Å². The standard InChI is InChI=1S/C18H24OS/c1-4-16-9-10-17(20-16)12-18(19)15-7-5-14(6-8-15)11-13(2)3/h5-10,13,18-19H,4,11-12H2,1-3H3. The van der Waals surface area contributed by atoms with Crippen LogP contribution in [-0.4, -0.2) is 5.11 Å². The highest BCUT2D eigenvalue weighted by atomic mass is 32.1. The second kappa shape index (κ2) is 7.05. The maximum atomic E-state index is 10.3. The third-order valence-electron chi connectivity index (χ3n) is 3.47. The number of aryl methyl sites for hydroxylation is 1. The molecule has 1 heterocycles. The fraction of sp³-hybridized carbons (Fsp3) is 0.444. The summed E-state index contributed by atoms with van der Waals surface area (Å²) in [5.74, 6) is 0.671. The SMILES string of the molecule is CCc1ccc(CC(O)c2ccc(CC(C)C)cc2)s1. The maximum absolute atomic E-state index is 10.3. The van der Waals surface area contributed by atoms with Crippen LogP contribution in [0.25, 0.3) is 0 Å². The van der Waals surface area contributed by atoms with Gasteiger partial charge >= 0.3 is 0 Å². The second-order valence-corrected chi connectivity index (χ2v) is 7.03. The molecule has 20 heavy (non-hydrogen) atoms. The molecule has 108 valence electrons. The molecule has 0 aliphatic rings. The van der Waals surface area contributed by atoms with E-state index in [4.69, 9.17) is 0 Å². The monoisotopic (exact) mass is 288 g/mol. The Morgan fingerprint density at radius 1 is 0.950 bits per heavy atom. The molecule has 2 heteroatoms. The zero-order chi connectivity index (χ0) is 14.5. The zero-order valence-electron chi connectivity index (χ0n) is 12.6. The van der Waals surface area contributed by atoms with Crippen molar-refractivity contribution >= 4 is 11.3 Å². The fourth-order valence-electron chi connectivity index (χ4n) is 2.38. The predicted molar refractivity (Wildman–Crippen MR) is 87.3 cm³/mol. The van der Waals surface area contributed by atoms with Crippen LogP contribution in [0.2, 0.25) is 0 Å². The second-order valence-electron chi connectivity index (χ2n) is 5.78. The smallest absolute Gasteiger partial charge is 0.0838 e. The molecule has 2 rings (SSSR count). The Morgan fingerprint density at radius 3 is 2.15 bits per heavy atom. The molecular weight excluding hydrogens is 264 g/mol. The van der Waals surface area contributed by atoms with Crippen molar-refractivity contribution in [3.63, 3.8) is 0 Å². The number of hydrogen-bond donors (Lipinski definition) is 1. The van der Waals surface area contributed by atoms with E-state index in [0.29, 0.717) is 12.3 Å².